The summed E-state index contributed by atoms with van der Waals surface area (Å²) in [5.74, 6) is 0. The van der Waals surface area contributed by atoms with Crippen molar-refractivity contribution in [2.75, 3.05) is 13.2 Å². The van der Waals surface area contributed by atoms with Gasteiger partial charge in [0.05, 0.1) is 11.6 Å². The first kappa shape index (κ1) is 16.5. The lowest BCUT2D eigenvalue weighted by atomic mass is 9.76. The summed E-state index contributed by atoms with van der Waals surface area (Å²) >= 11 is 0. The zero-order chi connectivity index (χ0) is 15.1. The summed E-state index contributed by atoms with van der Waals surface area (Å²) in [6.45, 7) is 8.30. The molecule has 21 heavy (non-hydrogen) atoms. The third-order valence-electron chi connectivity index (χ3n) is 4.79. The molecule has 2 heteroatoms. The van der Waals surface area contributed by atoms with Crippen molar-refractivity contribution in [1.82, 2.24) is 5.32 Å². The maximum absolute atomic E-state index is 6.33. The van der Waals surface area contributed by atoms with Crippen LogP contribution in [0.15, 0.2) is 24.3 Å². The zero-order valence-corrected chi connectivity index (χ0v) is 14.0. The first-order valence-electron chi connectivity index (χ1n) is 8.72. The number of likely N-dealkylation sites (N-methyl/N-ethyl adjacent to an activating group) is 1. The Bertz CT molecular complexity index is 401. The quantitative estimate of drug-likeness (QED) is 0.789. The number of benzene rings is 1. The molecule has 0 radical (unpaired) electrons. The van der Waals surface area contributed by atoms with Gasteiger partial charge in [-0.3, -0.25) is 0 Å². The van der Waals surface area contributed by atoms with Crippen LogP contribution < -0.4 is 5.32 Å². The van der Waals surface area contributed by atoms with Gasteiger partial charge in [-0.15, -0.1) is 0 Å². The fourth-order valence-electron chi connectivity index (χ4n) is 3.71. The average Bonchev–Trinajstić information content (AvgIpc) is 2.54. The molecule has 1 atom stereocenters. The second-order valence-electron chi connectivity index (χ2n) is 6.14. The SMILES string of the molecule is CCNC(c1ccc(CC)cc1)C1(OCC)CCCCC1. The van der Waals surface area contributed by atoms with Gasteiger partial charge in [0.2, 0.25) is 0 Å². The summed E-state index contributed by atoms with van der Waals surface area (Å²) in [7, 11) is 0. The second kappa shape index (κ2) is 7.95. The van der Waals surface area contributed by atoms with E-state index in [1.165, 1.54) is 43.2 Å². The van der Waals surface area contributed by atoms with E-state index in [0.717, 1.165) is 19.6 Å². The Morgan fingerprint density at radius 1 is 1.05 bits per heavy atom. The van der Waals surface area contributed by atoms with Gasteiger partial charge in [-0.1, -0.05) is 57.4 Å². The van der Waals surface area contributed by atoms with E-state index in [0.29, 0.717) is 6.04 Å². The lowest BCUT2D eigenvalue weighted by Gasteiger charge is -2.44. The van der Waals surface area contributed by atoms with Crippen LogP contribution >= 0.6 is 0 Å². The Balaban J connectivity index is 2.29. The summed E-state index contributed by atoms with van der Waals surface area (Å²) in [5.41, 5.74) is 2.77. The highest BCUT2D eigenvalue weighted by Crippen LogP contribution is 2.41. The van der Waals surface area contributed by atoms with E-state index in [9.17, 15) is 0 Å². The first-order valence-corrected chi connectivity index (χ1v) is 8.72. The van der Waals surface area contributed by atoms with Crippen molar-refractivity contribution in [2.45, 2.75) is 70.9 Å². The molecule has 2 nitrogen and oxygen atoms in total. The number of nitrogens with one attached hydrogen (secondary N) is 1. The molecule has 0 saturated heterocycles. The highest BCUT2D eigenvalue weighted by molar-refractivity contribution is 5.27. The molecular weight excluding hydrogens is 258 g/mol. The summed E-state index contributed by atoms with van der Waals surface area (Å²) in [5, 5.41) is 3.71. The van der Waals surface area contributed by atoms with E-state index >= 15 is 0 Å². The van der Waals surface area contributed by atoms with Gasteiger partial charge in [-0.25, -0.2) is 0 Å². The van der Waals surface area contributed by atoms with Crippen LogP contribution in [-0.4, -0.2) is 18.8 Å². The van der Waals surface area contributed by atoms with Crippen LogP contribution in [0.2, 0.25) is 0 Å². The van der Waals surface area contributed by atoms with Crippen LogP contribution in [-0.2, 0) is 11.2 Å². The molecular formula is C19H31NO. The molecule has 1 aromatic carbocycles. The molecule has 1 aliphatic rings. The third kappa shape index (κ3) is 3.87. The van der Waals surface area contributed by atoms with Crippen LogP contribution in [0.25, 0.3) is 0 Å². The van der Waals surface area contributed by atoms with Gasteiger partial charge in [0.25, 0.3) is 0 Å². The van der Waals surface area contributed by atoms with Crippen molar-refractivity contribution in [3.8, 4) is 0 Å². The van der Waals surface area contributed by atoms with E-state index in [1.54, 1.807) is 0 Å². The van der Waals surface area contributed by atoms with Crippen LogP contribution in [0.3, 0.4) is 0 Å². The lowest BCUT2D eigenvalue weighted by Crippen LogP contribution is -2.47. The van der Waals surface area contributed by atoms with E-state index in [2.05, 4.69) is 50.4 Å². The Morgan fingerprint density at radius 2 is 1.71 bits per heavy atom. The molecule has 1 fully saturated rings. The van der Waals surface area contributed by atoms with E-state index < -0.39 is 0 Å². The van der Waals surface area contributed by atoms with Crippen molar-refractivity contribution in [1.29, 1.82) is 0 Å². The van der Waals surface area contributed by atoms with Crippen molar-refractivity contribution in [3.63, 3.8) is 0 Å². The van der Waals surface area contributed by atoms with Gasteiger partial charge >= 0.3 is 0 Å². The molecule has 0 amide bonds. The average molecular weight is 289 g/mol. The summed E-state index contributed by atoms with van der Waals surface area (Å²) in [4.78, 5) is 0. The lowest BCUT2D eigenvalue weighted by molar-refractivity contribution is -0.0909. The maximum Gasteiger partial charge on any atom is 0.0876 e. The molecule has 0 aromatic heterocycles. The number of aryl methyl sites for hydroxylation is 1. The van der Waals surface area contributed by atoms with Gasteiger partial charge in [0, 0.05) is 6.61 Å². The fourth-order valence-corrected chi connectivity index (χ4v) is 3.71. The Morgan fingerprint density at radius 3 is 2.24 bits per heavy atom. The number of rotatable bonds is 7. The standard InChI is InChI=1S/C19H31NO/c1-4-16-10-12-17(13-11-16)18(20-5-2)19(21-6-3)14-8-7-9-15-19/h10-13,18,20H,4-9,14-15H2,1-3H3. The topological polar surface area (TPSA) is 21.3 Å². The largest absolute Gasteiger partial charge is 0.373 e. The predicted molar refractivity (Wildman–Crippen MR) is 89.7 cm³/mol. The third-order valence-corrected chi connectivity index (χ3v) is 4.79. The predicted octanol–water partition coefficient (Wildman–Crippen LogP) is 4.64. The normalized spacial score (nSPS) is 19.4. The van der Waals surface area contributed by atoms with E-state index in [1.807, 2.05) is 0 Å². The minimum absolute atomic E-state index is 0.0171. The highest BCUT2D eigenvalue weighted by Gasteiger charge is 2.41. The van der Waals surface area contributed by atoms with Crippen LogP contribution in [0, 0.1) is 0 Å². The van der Waals surface area contributed by atoms with Crippen LogP contribution in [0.5, 0.6) is 0 Å². The summed E-state index contributed by atoms with van der Waals surface area (Å²) in [6, 6.07) is 9.43. The molecule has 0 aliphatic heterocycles. The molecule has 118 valence electrons. The van der Waals surface area contributed by atoms with Crippen LogP contribution in [0.1, 0.15) is 70.0 Å². The fraction of sp³-hybridized carbons (Fsp3) is 0.684. The second-order valence-corrected chi connectivity index (χ2v) is 6.14. The Labute approximate surface area is 130 Å². The monoisotopic (exact) mass is 289 g/mol. The van der Waals surface area contributed by atoms with Gasteiger partial charge < -0.3 is 10.1 Å². The van der Waals surface area contributed by atoms with Crippen molar-refractivity contribution < 1.29 is 4.74 Å². The summed E-state index contributed by atoms with van der Waals surface area (Å²) in [6.07, 6.45) is 7.37. The first-order chi connectivity index (χ1) is 10.3. The molecule has 1 aromatic rings. The molecule has 1 unspecified atom stereocenters. The number of hydrogen-bond acceptors (Lipinski definition) is 2. The maximum atomic E-state index is 6.33. The molecule has 0 heterocycles. The van der Waals surface area contributed by atoms with Gasteiger partial charge in [0.1, 0.15) is 0 Å². The van der Waals surface area contributed by atoms with Gasteiger partial charge in [-0.05, 0) is 43.9 Å². The molecule has 1 N–H and O–H groups in total. The molecule has 1 aliphatic carbocycles. The van der Waals surface area contributed by atoms with Gasteiger partial charge in [-0.2, -0.15) is 0 Å². The molecule has 2 rings (SSSR count). The van der Waals surface area contributed by atoms with Crippen molar-refractivity contribution in [3.05, 3.63) is 35.4 Å². The van der Waals surface area contributed by atoms with Crippen molar-refractivity contribution >= 4 is 0 Å². The van der Waals surface area contributed by atoms with Gasteiger partial charge in [0.15, 0.2) is 0 Å². The number of hydrogen-bond donors (Lipinski definition) is 1. The minimum atomic E-state index is -0.0171. The van der Waals surface area contributed by atoms with Crippen LogP contribution in [0.4, 0.5) is 0 Å². The Kier molecular flexibility index (Phi) is 6.25. The molecule has 0 spiro atoms. The smallest absolute Gasteiger partial charge is 0.0876 e. The zero-order valence-electron chi connectivity index (χ0n) is 14.0. The summed E-state index contributed by atoms with van der Waals surface area (Å²) < 4.78 is 6.33. The minimum Gasteiger partial charge on any atom is -0.373 e. The Hall–Kier alpha value is -0.860. The highest BCUT2D eigenvalue weighted by atomic mass is 16.5. The molecule has 0 bridgehead atoms. The van der Waals surface area contributed by atoms with E-state index in [-0.39, 0.29) is 5.60 Å². The van der Waals surface area contributed by atoms with Crippen molar-refractivity contribution in [2.24, 2.45) is 0 Å². The van der Waals surface area contributed by atoms with E-state index in [4.69, 9.17) is 4.74 Å². The number of ether oxygens (including phenoxy) is 1. The molecule has 1 saturated carbocycles.